The van der Waals surface area contributed by atoms with E-state index in [-0.39, 0.29) is 33.5 Å². The second-order valence-corrected chi connectivity index (χ2v) is 13.7. The maximum atomic E-state index is 13.5. The topological polar surface area (TPSA) is 119 Å². The van der Waals surface area contributed by atoms with Crippen molar-refractivity contribution < 1.29 is 47.9 Å². The molecule has 2 aliphatic heterocycles. The Kier molecular flexibility index (Phi) is 12.7. The van der Waals surface area contributed by atoms with Gasteiger partial charge in [-0.1, -0.05) is 38.1 Å². The van der Waals surface area contributed by atoms with Crippen LogP contribution >= 0.6 is 0 Å². The van der Waals surface area contributed by atoms with Gasteiger partial charge in [-0.25, -0.2) is 9.59 Å². The molecule has 2 aliphatic rings. The van der Waals surface area contributed by atoms with E-state index in [2.05, 4.69) is 13.8 Å². The molecule has 2 heterocycles. The molecule has 0 unspecified atom stereocenters. The van der Waals surface area contributed by atoms with Crippen LogP contribution in [0.1, 0.15) is 65.8 Å². The highest BCUT2D eigenvalue weighted by molar-refractivity contribution is 6.01. The first-order valence-corrected chi connectivity index (χ1v) is 17.0. The fourth-order valence-electron chi connectivity index (χ4n) is 5.61. The number of ether oxygens (including phenoxy) is 7. The molecular formula is C39H48O10. The van der Waals surface area contributed by atoms with Crippen molar-refractivity contribution >= 4 is 11.9 Å². The Balaban J connectivity index is 1.21. The van der Waals surface area contributed by atoms with Crippen LogP contribution < -0.4 is 14.2 Å². The van der Waals surface area contributed by atoms with Crippen molar-refractivity contribution in [1.29, 1.82) is 0 Å². The highest BCUT2D eigenvalue weighted by Gasteiger charge is 2.34. The summed E-state index contributed by atoms with van der Waals surface area (Å²) in [5.41, 5.74) is 2.29. The summed E-state index contributed by atoms with van der Waals surface area (Å²) < 4.78 is 40.1. The van der Waals surface area contributed by atoms with E-state index < -0.39 is 11.9 Å². The zero-order chi connectivity index (χ0) is 34.7. The molecule has 5 rings (SSSR count). The van der Waals surface area contributed by atoms with Gasteiger partial charge < -0.3 is 38.3 Å². The normalized spacial score (nSPS) is 15.9. The van der Waals surface area contributed by atoms with Gasteiger partial charge in [0.05, 0.1) is 64.0 Å². The number of esters is 1. The molecule has 3 aromatic rings. The van der Waals surface area contributed by atoms with Gasteiger partial charge >= 0.3 is 11.9 Å². The van der Waals surface area contributed by atoms with Gasteiger partial charge in [-0.2, -0.15) is 0 Å². The number of carbonyl (C=O) groups is 2. The largest absolute Gasteiger partial charge is 0.494 e. The number of carbonyl (C=O) groups excluding carboxylic acids is 1. The Labute approximate surface area is 288 Å². The quantitative estimate of drug-likeness (QED) is 0.0761. The molecule has 1 N–H and O–H groups in total. The molecule has 0 amide bonds. The lowest BCUT2D eigenvalue weighted by Crippen LogP contribution is -2.43. The number of rotatable bonds is 20. The third kappa shape index (κ3) is 10.0. The maximum Gasteiger partial charge on any atom is 0.343 e. The van der Waals surface area contributed by atoms with E-state index >= 15 is 0 Å². The van der Waals surface area contributed by atoms with Gasteiger partial charge in [0.2, 0.25) is 0 Å². The number of hydrogen-bond donors (Lipinski definition) is 1. The standard InChI is InChI=1S/C39H48O10/c1-28-10-4-5-11-31(28)34-32(36(40)41)16-17-33(48-21-9-7-19-44-23-39(3)26-46-27-39)35(34)49-37(42)29-12-14-30(15-13-29)47-20-8-6-18-43-22-38(2)24-45-25-38/h4-5,10-17H,6-9,18-27H2,1-3H3,(H,40,41). The molecule has 0 spiro atoms. The zero-order valence-electron chi connectivity index (χ0n) is 28.8. The van der Waals surface area contributed by atoms with Crippen LogP contribution in [0.2, 0.25) is 0 Å². The van der Waals surface area contributed by atoms with Gasteiger partial charge in [-0.05, 0) is 80.1 Å². The van der Waals surface area contributed by atoms with Crippen LogP contribution in [0.25, 0.3) is 11.1 Å². The molecule has 49 heavy (non-hydrogen) atoms. The van der Waals surface area contributed by atoms with Crippen molar-refractivity contribution in [3.05, 3.63) is 77.4 Å². The molecule has 0 radical (unpaired) electrons. The number of unbranched alkanes of at least 4 members (excludes halogenated alkanes) is 2. The lowest BCUT2D eigenvalue weighted by Gasteiger charge is -2.37. The first kappa shape index (κ1) is 36.3. The Morgan fingerprint density at radius 1 is 0.735 bits per heavy atom. The first-order valence-electron chi connectivity index (χ1n) is 17.0. The summed E-state index contributed by atoms with van der Waals surface area (Å²) in [7, 11) is 0. The van der Waals surface area contributed by atoms with Crippen molar-refractivity contribution in [1.82, 2.24) is 0 Å². The lowest BCUT2D eigenvalue weighted by atomic mass is 9.90. The molecule has 0 aromatic heterocycles. The number of benzene rings is 3. The van der Waals surface area contributed by atoms with Crippen LogP contribution in [-0.4, -0.2) is 83.1 Å². The van der Waals surface area contributed by atoms with E-state index in [9.17, 15) is 14.7 Å². The Morgan fingerprint density at radius 3 is 1.86 bits per heavy atom. The van der Waals surface area contributed by atoms with Crippen LogP contribution in [0.3, 0.4) is 0 Å². The third-order valence-electron chi connectivity index (χ3n) is 8.65. The SMILES string of the molecule is Cc1ccccc1-c1c(C(=O)O)ccc(OCCCCOCC2(C)COC2)c1OC(=O)c1ccc(OCCCCOCC2(C)COC2)cc1. The zero-order valence-corrected chi connectivity index (χ0v) is 28.8. The van der Waals surface area contributed by atoms with Gasteiger partial charge in [0, 0.05) is 29.6 Å². The van der Waals surface area contributed by atoms with Crippen molar-refractivity contribution in [3.63, 3.8) is 0 Å². The number of carboxylic acid groups (broad SMARTS) is 1. The molecule has 264 valence electrons. The molecular weight excluding hydrogens is 628 g/mol. The summed E-state index contributed by atoms with van der Waals surface area (Å²) in [5.74, 6) is -0.794. The number of aryl methyl sites for hydroxylation is 1. The van der Waals surface area contributed by atoms with Crippen LogP contribution in [0.5, 0.6) is 17.2 Å². The van der Waals surface area contributed by atoms with Gasteiger partial charge in [0.15, 0.2) is 11.5 Å². The molecule has 10 heteroatoms. The first-order chi connectivity index (χ1) is 23.7. The predicted molar refractivity (Wildman–Crippen MR) is 184 cm³/mol. The van der Waals surface area contributed by atoms with Crippen molar-refractivity contribution in [2.24, 2.45) is 10.8 Å². The van der Waals surface area contributed by atoms with Gasteiger partial charge in [0.1, 0.15) is 5.75 Å². The van der Waals surface area contributed by atoms with Crippen LogP contribution in [0, 0.1) is 17.8 Å². The minimum atomic E-state index is -1.14. The fourth-order valence-corrected chi connectivity index (χ4v) is 5.61. The van der Waals surface area contributed by atoms with Gasteiger partial charge in [-0.15, -0.1) is 0 Å². The molecule has 0 saturated carbocycles. The van der Waals surface area contributed by atoms with Crippen molar-refractivity contribution in [2.75, 3.05) is 66.1 Å². The monoisotopic (exact) mass is 676 g/mol. The summed E-state index contributed by atoms with van der Waals surface area (Å²) in [6, 6.07) is 17.1. The second-order valence-electron chi connectivity index (χ2n) is 13.7. The lowest BCUT2D eigenvalue weighted by molar-refractivity contribution is -0.138. The van der Waals surface area contributed by atoms with Gasteiger partial charge in [0.25, 0.3) is 0 Å². The Bertz CT molecular complexity index is 1540. The third-order valence-corrected chi connectivity index (χ3v) is 8.65. The highest BCUT2D eigenvalue weighted by Crippen LogP contribution is 2.43. The fraction of sp³-hybridized carbons (Fsp3) is 0.487. The molecule has 0 bridgehead atoms. The van der Waals surface area contributed by atoms with Crippen molar-refractivity contribution in [3.8, 4) is 28.4 Å². The maximum absolute atomic E-state index is 13.5. The molecule has 2 saturated heterocycles. The Morgan fingerprint density at radius 2 is 1.31 bits per heavy atom. The minimum absolute atomic E-state index is 0.00622. The summed E-state index contributed by atoms with van der Waals surface area (Å²) in [6.45, 7) is 12.6. The summed E-state index contributed by atoms with van der Waals surface area (Å²) in [6.07, 6.45) is 3.20. The minimum Gasteiger partial charge on any atom is -0.494 e. The molecule has 2 fully saturated rings. The number of aromatic carboxylic acids is 1. The summed E-state index contributed by atoms with van der Waals surface area (Å²) in [5, 5.41) is 10.1. The second kappa shape index (κ2) is 17.1. The van der Waals surface area contributed by atoms with Gasteiger partial charge in [-0.3, -0.25) is 0 Å². The van der Waals surface area contributed by atoms with E-state index in [0.717, 1.165) is 51.3 Å². The molecule has 0 atom stereocenters. The van der Waals surface area contributed by atoms with E-state index in [1.807, 2.05) is 31.2 Å². The number of carboxylic acids is 1. The highest BCUT2D eigenvalue weighted by atomic mass is 16.6. The van der Waals surface area contributed by atoms with Crippen LogP contribution in [-0.2, 0) is 18.9 Å². The Hall–Kier alpha value is -3.96. The molecule has 0 aliphatic carbocycles. The molecule has 10 nitrogen and oxygen atoms in total. The summed E-state index contributed by atoms with van der Waals surface area (Å²) >= 11 is 0. The van der Waals surface area contributed by atoms with E-state index in [0.29, 0.717) is 62.9 Å². The van der Waals surface area contributed by atoms with E-state index in [1.165, 1.54) is 6.07 Å². The number of hydrogen-bond acceptors (Lipinski definition) is 9. The van der Waals surface area contributed by atoms with E-state index in [1.54, 1.807) is 30.3 Å². The van der Waals surface area contributed by atoms with Crippen molar-refractivity contribution in [2.45, 2.75) is 46.5 Å². The average molecular weight is 677 g/mol. The van der Waals surface area contributed by atoms with Crippen LogP contribution in [0.15, 0.2) is 60.7 Å². The smallest absolute Gasteiger partial charge is 0.343 e. The average Bonchev–Trinajstić information content (AvgIpc) is 3.06. The van der Waals surface area contributed by atoms with E-state index in [4.69, 9.17) is 33.2 Å². The summed E-state index contributed by atoms with van der Waals surface area (Å²) in [4.78, 5) is 25.9. The van der Waals surface area contributed by atoms with Crippen LogP contribution in [0.4, 0.5) is 0 Å². The predicted octanol–water partition coefficient (Wildman–Crippen LogP) is 7.00. The molecule has 3 aromatic carbocycles.